The summed E-state index contributed by atoms with van der Waals surface area (Å²) in [6.07, 6.45) is -3.50. The number of nitrogens with zero attached hydrogens (tertiary/aromatic N) is 3. The molecule has 134 valence electrons. The second kappa shape index (κ2) is 7.42. The van der Waals surface area contributed by atoms with Crippen LogP contribution in [0.5, 0.6) is 0 Å². The highest BCUT2D eigenvalue weighted by Gasteiger charge is 2.33. The summed E-state index contributed by atoms with van der Waals surface area (Å²) in [7, 11) is 0. The van der Waals surface area contributed by atoms with E-state index in [0.717, 1.165) is 18.6 Å². The number of amidine groups is 1. The van der Waals surface area contributed by atoms with Crippen LogP contribution in [-0.2, 0) is 6.18 Å². The lowest BCUT2D eigenvalue weighted by atomic mass is 10.1. The van der Waals surface area contributed by atoms with E-state index in [1.807, 2.05) is 11.8 Å². The molecule has 2 aromatic rings. The second-order valence-corrected chi connectivity index (χ2v) is 7.13. The molecule has 0 bridgehead atoms. The molecule has 0 N–H and O–H groups in total. The van der Waals surface area contributed by atoms with Gasteiger partial charge in [0.15, 0.2) is 5.17 Å². The van der Waals surface area contributed by atoms with Crippen LogP contribution in [0.25, 0.3) is 0 Å². The summed E-state index contributed by atoms with van der Waals surface area (Å²) in [6, 6.07) is 14.2. The zero-order valence-electron chi connectivity index (χ0n) is 14.0. The maximum absolute atomic E-state index is 13.0. The van der Waals surface area contributed by atoms with Gasteiger partial charge in [0, 0.05) is 17.5 Å². The zero-order valence-corrected chi connectivity index (χ0v) is 14.8. The summed E-state index contributed by atoms with van der Waals surface area (Å²) in [5.41, 5.74) is 0.900. The lowest BCUT2D eigenvalue weighted by Crippen LogP contribution is -2.25. The Hall–Kier alpha value is -2.46. The van der Waals surface area contributed by atoms with E-state index in [0.29, 0.717) is 28.7 Å². The second-order valence-electron chi connectivity index (χ2n) is 5.86. The number of hydrogen-bond donors (Lipinski definition) is 0. The molecular weight excluding hydrogens is 359 g/mol. The average molecular weight is 375 g/mol. The smallest absolute Gasteiger partial charge is 0.320 e. The molecular formula is C19H16F3N3S. The van der Waals surface area contributed by atoms with E-state index in [4.69, 9.17) is 5.26 Å². The van der Waals surface area contributed by atoms with Crippen LogP contribution in [0.4, 0.5) is 24.5 Å². The van der Waals surface area contributed by atoms with Crippen molar-refractivity contribution >= 4 is 28.3 Å². The molecule has 0 saturated carbocycles. The Kier molecular flexibility index (Phi) is 5.23. The first-order chi connectivity index (χ1) is 12.4. The maximum atomic E-state index is 13.0. The van der Waals surface area contributed by atoms with Crippen molar-refractivity contribution in [3.8, 4) is 6.07 Å². The van der Waals surface area contributed by atoms with Gasteiger partial charge in [0.05, 0.1) is 22.9 Å². The first-order valence-electron chi connectivity index (χ1n) is 8.11. The van der Waals surface area contributed by atoms with Gasteiger partial charge in [-0.2, -0.15) is 18.4 Å². The van der Waals surface area contributed by atoms with Gasteiger partial charge in [0.2, 0.25) is 0 Å². The van der Waals surface area contributed by atoms with Gasteiger partial charge in [-0.15, -0.1) is 0 Å². The van der Waals surface area contributed by atoms with Gasteiger partial charge in [-0.1, -0.05) is 30.8 Å². The fourth-order valence-corrected chi connectivity index (χ4v) is 3.81. The van der Waals surface area contributed by atoms with Gasteiger partial charge in [-0.25, -0.2) is 4.99 Å². The standard InChI is InChI=1S/C19H16F3N3S/c1-2-17-12-25(16-8-4-6-14(10-16)19(20,21)22)18(26-17)24-15-7-3-5-13(9-15)11-23/h3-10,17H,2,12H2,1H3. The van der Waals surface area contributed by atoms with Gasteiger partial charge in [0.25, 0.3) is 0 Å². The van der Waals surface area contributed by atoms with Crippen LogP contribution in [0.15, 0.2) is 53.5 Å². The third kappa shape index (κ3) is 4.02. The predicted octanol–water partition coefficient (Wildman–Crippen LogP) is 5.60. The van der Waals surface area contributed by atoms with Crippen molar-refractivity contribution in [3.05, 3.63) is 59.7 Å². The summed E-state index contributed by atoms with van der Waals surface area (Å²) >= 11 is 1.55. The van der Waals surface area contributed by atoms with E-state index in [2.05, 4.69) is 11.1 Å². The van der Waals surface area contributed by atoms with E-state index in [1.165, 1.54) is 6.07 Å². The number of benzene rings is 2. The number of halogens is 3. The van der Waals surface area contributed by atoms with Gasteiger partial charge < -0.3 is 4.90 Å². The minimum Gasteiger partial charge on any atom is -0.320 e. The molecule has 0 aromatic heterocycles. The number of hydrogen-bond acceptors (Lipinski definition) is 3. The van der Waals surface area contributed by atoms with Crippen LogP contribution in [0.1, 0.15) is 24.5 Å². The zero-order chi connectivity index (χ0) is 18.7. The largest absolute Gasteiger partial charge is 0.416 e. The number of anilines is 1. The van der Waals surface area contributed by atoms with E-state index in [1.54, 1.807) is 42.1 Å². The molecule has 0 radical (unpaired) electrons. The highest BCUT2D eigenvalue weighted by atomic mass is 32.2. The van der Waals surface area contributed by atoms with Crippen molar-refractivity contribution in [2.75, 3.05) is 11.4 Å². The normalized spacial score (nSPS) is 19.0. The number of nitriles is 1. The van der Waals surface area contributed by atoms with Crippen molar-refractivity contribution in [3.63, 3.8) is 0 Å². The SMILES string of the molecule is CCC1CN(c2cccc(C(F)(F)F)c2)C(=Nc2cccc(C#N)c2)S1. The van der Waals surface area contributed by atoms with E-state index >= 15 is 0 Å². The molecule has 1 saturated heterocycles. The van der Waals surface area contributed by atoms with Crippen LogP contribution in [0.3, 0.4) is 0 Å². The Labute approximate surface area is 154 Å². The Balaban J connectivity index is 1.99. The lowest BCUT2D eigenvalue weighted by Gasteiger charge is -2.20. The molecule has 0 aliphatic carbocycles. The highest BCUT2D eigenvalue weighted by Crippen LogP contribution is 2.37. The Bertz CT molecular complexity index is 871. The van der Waals surface area contributed by atoms with E-state index in [-0.39, 0.29) is 5.25 Å². The first kappa shape index (κ1) is 18.3. The molecule has 1 unspecified atom stereocenters. The first-order valence-corrected chi connectivity index (χ1v) is 8.99. The molecule has 0 amide bonds. The molecule has 1 heterocycles. The van der Waals surface area contributed by atoms with Crippen LogP contribution in [0, 0.1) is 11.3 Å². The third-order valence-corrected chi connectivity index (χ3v) is 5.37. The molecule has 26 heavy (non-hydrogen) atoms. The molecule has 3 nitrogen and oxygen atoms in total. The third-order valence-electron chi connectivity index (χ3n) is 4.03. The van der Waals surface area contributed by atoms with Crippen LogP contribution >= 0.6 is 11.8 Å². The summed E-state index contributed by atoms with van der Waals surface area (Å²) in [4.78, 5) is 6.40. The highest BCUT2D eigenvalue weighted by molar-refractivity contribution is 8.15. The predicted molar refractivity (Wildman–Crippen MR) is 98.7 cm³/mol. The van der Waals surface area contributed by atoms with Crippen LogP contribution < -0.4 is 4.90 Å². The summed E-state index contributed by atoms with van der Waals surface area (Å²) in [6.45, 7) is 2.64. The lowest BCUT2D eigenvalue weighted by molar-refractivity contribution is -0.137. The summed E-state index contributed by atoms with van der Waals surface area (Å²) in [5.74, 6) is 0. The monoisotopic (exact) mass is 375 g/mol. The Morgan fingerprint density at radius 1 is 1.23 bits per heavy atom. The van der Waals surface area contributed by atoms with Gasteiger partial charge in [-0.05, 0) is 42.8 Å². The molecule has 1 atom stereocenters. The molecule has 1 aliphatic heterocycles. The van der Waals surface area contributed by atoms with Crippen molar-refractivity contribution in [1.29, 1.82) is 5.26 Å². The minimum atomic E-state index is -4.38. The molecule has 0 spiro atoms. The fourth-order valence-electron chi connectivity index (χ4n) is 2.65. The average Bonchev–Trinajstić information content (AvgIpc) is 3.04. The van der Waals surface area contributed by atoms with Gasteiger partial charge >= 0.3 is 6.18 Å². The Morgan fingerprint density at radius 3 is 2.69 bits per heavy atom. The van der Waals surface area contributed by atoms with Crippen molar-refractivity contribution in [1.82, 2.24) is 0 Å². The molecule has 7 heteroatoms. The van der Waals surface area contributed by atoms with Crippen molar-refractivity contribution in [2.24, 2.45) is 4.99 Å². The molecule has 1 aliphatic rings. The van der Waals surface area contributed by atoms with E-state index in [9.17, 15) is 13.2 Å². The van der Waals surface area contributed by atoms with Gasteiger partial charge in [-0.3, -0.25) is 0 Å². The number of thioether (sulfide) groups is 1. The number of alkyl halides is 3. The summed E-state index contributed by atoms with van der Waals surface area (Å²) < 4.78 is 39.1. The maximum Gasteiger partial charge on any atom is 0.416 e. The summed E-state index contributed by atoms with van der Waals surface area (Å²) in [5, 5.41) is 9.92. The minimum absolute atomic E-state index is 0.252. The van der Waals surface area contributed by atoms with Gasteiger partial charge in [0.1, 0.15) is 0 Å². The van der Waals surface area contributed by atoms with Crippen LogP contribution in [0.2, 0.25) is 0 Å². The topological polar surface area (TPSA) is 39.4 Å². The quantitative estimate of drug-likeness (QED) is 0.701. The number of aliphatic imine (C=N–C) groups is 1. The fraction of sp³-hybridized carbons (Fsp3) is 0.263. The van der Waals surface area contributed by atoms with E-state index < -0.39 is 11.7 Å². The number of rotatable bonds is 3. The van der Waals surface area contributed by atoms with Crippen molar-refractivity contribution in [2.45, 2.75) is 24.8 Å². The van der Waals surface area contributed by atoms with Crippen LogP contribution in [-0.4, -0.2) is 17.0 Å². The molecule has 3 rings (SSSR count). The van der Waals surface area contributed by atoms with Crippen molar-refractivity contribution < 1.29 is 13.2 Å². The Morgan fingerprint density at radius 2 is 2.00 bits per heavy atom. The molecule has 1 fully saturated rings. The molecule has 2 aromatic carbocycles.